The molecule has 2 fully saturated rings. The molecule has 0 spiro atoms. The van der Waals surface area contributed by atoms with E-state index in [0.717, 1.165) is 5.56 Å². The van der Waals surface area contributed by atoms with Crippen molar-refractivity contribution in [2.75, 3.05) is 26.3 Å². The van der Waals surface area contributed by atoms with Crippen LogP contribution >= 0.6 is 0 Å². The molecule has 1 saturated heterocycles. The summed E-state index contributed by atoms with van der Waals surface area (Å²) >= 11 is 0. The van der Waals surface area contributed by atoms with E-state index in [-0.39, 0.29) is 17.7 Å². The number of carbonyl (C=O) groups excluding carboxylic acids is 2. The van der Waals surface area contributed by atoms with Crippen molar-refractivity contribution >= 4 is 11.8 Å². The molecule has 0 bridgehead atoms. The fourth-order valence-electron chi connectivity index (χ4n) is 4.07. The average molecular weight is 392 g/mol. The number of morpholine rings is 1. The topological polar surface area (TPSA) is 58.6 Å². The van der Waals surface area contributed by atoms with Crippen LogP contribution in [0.2, 0.25) is 0 Å². The first-order valence-electron chi connectivity index (χ1n) is 10.5. The molecule has 1 N–H and O–H groups in total. The highest BCUT2D eigenvalue weighted by Gasteiger charge is 2.35. The molecule has 1 aliphatic carbocycles. The second-order valence-electron chi connectivity index (χ2n) is 7.91. The van der Waals surface area contributed by atoms with Crippen LogP contribution in [0.15, 0.2) is 60.7 Å². The van der Waals surface area contributed by atoms with Gasteiger partial charge in [-0.3, -0.25) is 9.59 Å². The van der Waals surface area contributed by atoms with Gasteiger partial charge in [0.05, 0.1) is 13.2 Å². The van der Waals surface area contributed by atoms with Gasteiger partial charge in [0.25, 0.3) is 0 Å². The summed E-state index contributed by atoms with van der Waals surface area (Å²) in [5.74, 6) is 0.649. The molecule has 1 aliphatic heterocycles. The maximum Gasteiger partial charge on any atom is 0.249 e. The maximum atomic E-state index is 13.2. The van der Waals surface area contributed by atoms with Crippen LogP contribution in [0.1, 0.15) is 42.3 Å². The van der Waals surface area contributed by atoms with E-state index in [0.29, 0.717) is 38.6 Å². The predicted molar refractivity (Wildman–Crippen MR) is 111 cm³/mol. The SMILES string of the molecule is O=C(CC(c1ccccc1)C1CC1)N[C@H](C(=O)N1CCOCC1)c1ccccc1. The number of benzene rings is 2. The van der Waals surface area contributed by atoms with Gasteiger partial charge in [-0.1, -0.05) is 60.7 Å². The molecule has 2 aliphatic rings. The molecule has 5 nitrogen and oxygen atoms in total. The summed E-state index contributed by atoms with van der Waals surface area (Å²) < 4.78 is 5.37. The summed E-state index contributed by atoms with van der Waals surface area (Å²) in [6, 6.07) is 19.1. The quantitative estimate of drug-likeness (QED) is 0.787. The van der Waals surface area contributed by atoms with Crippen LogP contribution in [0.5, 0.6) is 0 Å². The Labute approximate surface area is 172 Å². The van der Waals surface area contributed by atoms with E-state index in [1.807, 2.05) is 48.5 Å². The van der Waals surface area contributed by atoms with E-state index < -0.39 is 6.04 Å². The summed E-state index contributed by atoms with van der Waals surface area (Å²) in [7, 11) is 0. The first-order chi connectivity index (χ1) is 14.2. The lowest BCUT2D eigenvalue weighted by molar-refractivity contribution is -0.140. The summed E-state index contributed by atoms with van der Waals surface area (Å²) in [5, 5.41) is 3.04. The Balaban J connectivity index is 1.49. The third-order valence-electron chi connectivity index (χ3n) is 5.83. The summed E-state index contributed by atoms with van der Waals surface area (Å²) in [6.07, 6.45) is 2.75. The highest BCUT2D eigenvalue weighted by Crippen LogP contribution is 2.44. The van der Waals surface area contributed by atoms with Crippen LogP contribution in [0.4, 0.5) is 0 Å². The Morgan fingerprint density at radius 3 is 2.10 bits per heavy atom. The lowest BCUT2D eigenvalue weighted by Gasteiger charge is -2.31. The zero-order valence-corrected chi connectivity index (χ0v) is 16.6. The minimum atomic E-state index is -0.655. The van der Waals surface area contributed by atoms with Crippen LogP contribution in [0, 0.1) is 5.92 Å². The van der Waals surface area contributed by atoms with Crippen LogP contribution in [0.3, 0.4) is 0 Å². The average Bonchev–Trinajstić information content (AvgIpc) is 3.62. The lowest BCUT2D eigenvalue weighted by Crippen LogP contribution is -2.47. The summed E-state index contributed by atoms with van der Waals surface area (Å²) in [5.41, 5.74) is 2.03. The molecule has 4 rings (SSSR count). The summed E-state index contributed by atoms with van der Waals surface area (Å²) in [6.45, 7) is 2.21. The lowest BCUT2D eigenvalue weighted by atomic mass is 9.90. The number of hydrogen-bond acceptors (Lipinski definition) is 3. The predicted octanol–water partition coefficient (Wildman–Crippen LogP) is 3.29. The van der Waals surface area contributed by atoms with Crippen molar-refractivity contribution in [3.05, 3.63) is 71.8 Å². The van der Waals surface area contributed by atoms with Gasteiger partial charge in [0.1, 0.15) is 6.04 Å². The summed E-state index contributed by atoms with van der Waals surface area (Å²) in [4.78, 5) is 28.0. The number of nitrogens with one attached hydrogen (secondary N) is 1. The molecule has 5 heteroatoms. The molecule has 2 atom stereocenters. The Kier molecular flexibility index (Phi) is 6.25. The third-order valence-corrected chi connectivity index (χ3v) is 5.83. The maximum absolute atomic E-state index is 13.2. The molecule has 2 aromatic rings. The standard InChI is InChI=1S/C24H28N2O3/c27-22(17-21(19-11-12-19)18-7-3-1-4-8-18)25-23(20-9-5-2-6-10-20)24(28)26-13-15-29-16-14-26/h1-10,19,21,23H,11-17H2,(H,25,27)/t21?,23-/m0/s1. The molecule has 2 aromatic carbocycles. The van der Waals surface area contributed by atoms with Gasteiger partial charge >= 0.3 is 0 Å². The Bertz CT molecular complexity index is 815. The van der Waals surface area contributed by atoms with E-state index in [2.05, 4.69) is 17.4 Å². The van der Waals surface area contributed by atoms with Gasteiger partial charge in [0, 0.05) is 19.5 Å². The van der Waals surface area contributed by atoms with Crippen molar-refractivity contribution in [3.63, 3.8) is 0 Å². The van der Waals surface area contributed by atoms with Crippen LogP contribution in [-0.4, -0.2) is 43.0 Å². The monoisotopic (exact) mass is 392 g/mol. The molecule has 1 unspecified atom stereocenters. The molecule has 0 radical (unpaired) electrons. The van der Waals surface area contributed by atoms with Gasteiger partial charge in [-0.15, -0.1) is 0 Å². The van der Waals surface area contributed by atoms with Gasteiger partial charge in [0.2, 0.25) is 11.8 Å². The van der Waals surface area contributed by atoms with Crippen LogP contribution in [0.25, 0.3) is 0 Å². The Hall–Kier alpha value is -2.66. The van der Waals surface area contributed by atoms with Gasteiger partial charge in [-0.2, -0.15) is 0 Å². The zero-order valence-electron chi connectivity index (χ0n) is 16.6. The van der Waals surface area contributed by atoms with E-state index >= 15 is 0 Å². The first kappa shape index (κ1) is 19.6. The molecule has 1 heterocycles. The number of nitrogens with zero attached hydrogens (tertiary/aromatic N) is 1. The van der Waals surface area contributed by atoms with Gasteiger partial charge < -0.3 is 15.0 Å². The minimum Gasteiger partial charge on any atom is -0.378 e. The number of rotatable bonds is 7. The highest BCUT2D eigenvalue weighted by atomic mass is 16.5. The fraction of sp³-hybridized carbons (Fsp3) is 0.417. The highest BCUT2D eigenvalue weighted by molar-refractivity contribution is 5.89. The molecule has 1 saturated carbocycles. The van der Waals surface area contributed by atoms with E-state index in [1.54, 1.807) is 4.90 Å². The van der Waals surface area contributed by atoms with E-state index in [4.69, 9.17) is 4.74 Å². The largest absolute Gasteiger partial charge is 0.378 e. The molecular formula is C24H28N2O3. The van der Waals surface area contributed by atoms with E-state index in [1.165, 1.54) is 18.4 Å². The molecule has 2 amide bonds. The first-order valence-corrected chi connectivity index (χ1v) is 10.5. The van der Waals surface area contributed by atoms with Gasteiger partial charge in [-0.25, -0.2) is 0 Å². The second-order valence-corrected chi connectivity index (χ2v) is 7.91. The smallest absolute Gasteiger partial charge is 0.249 e. The van der Waals surface area contributed by atoms with Gasteiger partial charge in [-0.05, 0) is 35.8 Å². The number of amides is 2. The Morgan fingerprint density at radius 1 is 0.931 bits per heavy atom. The number of carbonyl (C=O) groups is 2. The molecule has 0 aromatic heterocycles. The second kappa shape index (κ2) is 9.23. The van der Waals surface area contributed by atoms with Crippen molar-refractivity contribution in [2.45, 2.75) is 31.2 Å². The molecule has 152 valence electrons. The number of hydrogen-bond donors (Lipinski definition) is 1. The minimum absolute atomic E-state index is 0.0597. The van der Waals surface area contributed by atoms with Crippen molar-refractivity contribution in [2.24, 2.45) is 5.92 Å². The van der Waals surface area contributed by atoms with Crippen LogP contribution in [-0.2, 0) is 14.3 Å². The number of ether oxygens (including phenoxy) is 1. The fourth-order valence-corrected chi connectivity index (χ4v) is 4.07. The Morgan fingerprint density at radius 2 is 1.52 bits per heavy atom. The van der Waals surface area contributed by atoms with Crippen molar-refractivity contribution in [3.8, 4) is 0 Å². The van der Waals surface area contributed by atoms with Gasteiger partial charge in [0.15, 0.2) is 0 Å². The molecular weight excluding hydrogens is 364 g/mol. The van der Waals surface area contributed by atoms with Crippen LogP contribution < -0.4 is 5.32 Å². The van der Waals surface area contributed by atoms with E-state index in [9.17, 15) is 9.59 Å². The van der Waals surface area contributed by atoms with Crippen molar-refractivity contribution in [1.29, 1.82) is 0 Å². The zero-order chi connectivity index (χ0) is 20.1. The molecule has 29 heavy (non-hydrogen) atoms. The van der Waals surface area contributed by atoms with Crippen molar-refractivity contribution in [1.82, 2.24) is 10.2 Å². The van der Waals surface area contributed by atoms with Crippen molar-refractivity contribution < 1.29 is 14.3 Å². The normalized spacial score (nSPS) is 18.7. The third kappa shape index (κ3) is 5.04.